The highest BCUT2D eigenvalue weighted by Gasteiger charge is 2.03. The van der Waals surface area contributed by atoms with Gasteiger partial charge in [-0.3, -0.25) is 0 Å². The zero-order valence-electron chi connectivity index (χ0n) is 6.71. The smallest absolute Gasteiger partial charge is 0.171 e. The monoisotopic (exact) mass is 168 g/mol. The summed E-state index contributed by atoms with van der Waals surface area (Å²) in [7, 11) is 1.49. The maximum atomic E-state index is 12.6. The van der Waals surface area contributed by atoms with Gasteiger partial charge in [0.05, 0.1) is 13.4 Å². The van der Waals surface area contributed by atoms with Crippen molar-refractivity contribution in [3.8, 4) is 11.5 Å². The zero-order valence-corrected chi connectivity index (χ0v) is 6.71. The summed E-state index contributed by atoms with van der Waals surface area (Å²) in [5, 5.41) is 0. The van der Waals surface area contributed by atoms with E-state index in [0.717, 1.165) is 0 Å². The molecule has 0 aliphatic rings. The number of halogens is 1. The highest BCUT2D eigenvalue weighted by atomic mass is 19.1. The molecule has 0 radical (unpaired) electrons. The summed E-state index contributed by atoms with van der Waals surface area (Å²) in [6, 6.07) is 4.03. The van der Waals surface area contributed by atoms with Crippen LogP contribution in [0.3, 0.4) is 0 Å². The topological polar surface area (TPSA) is 18.5 Å². The number of ether oxygens (including phenoxy) is 2. The minimum Gasteiger partial charge on any atom is -0.493 e. The van der Waals surface area contributed by atoms with E-state index in [9.17, 15) is 4.39 Å². The van der Waals surface area contributed by atoms with Crippen LogP contribution >= 0.6 is 0 Å². The fraction of sp³-hybridized carbons (Fsp3) is 0.111. The molecule has 0 bridgehead atoms. The molecule has 1 aromatic carbocycles. The summed E-state index contributed by atoms with van der Waals surface area (Å²) in [6.45, 7) is 3.36. The van der Waals surface area contributed by atoms with Crippen LogP contribution in [0.25, 0.3) is 0 Å². The summed E-state index contributed by atoms with van der Waals surface area (Å²) in [6.07, 6.45) is 1.22. The third-order valence-electron chi connectivity index (χ3n) is 1.34. The van der Waals surface area contributed by atoms with Gasteiger partial charge in [-0.15, -0.1) is 0 Å². The molecule has 0 N–H and O–H groups in total. The molecule has 0 aliphatic heterocycles. The van der Waals surface area contributed by atoms with Gasteiger partial charge in [-0.25, -0.2) is 4.39 Å². The molecule has 0 atom stereocenters. The van der Waals surface area contributed by atoms with Crippen molar-refractivity contribution in [1.29, 1.82) is 0 Å². The highest BCUT2D eigenvalue weighted by molar-refractivity contribution is 5.40. The van der Waals surface area contributed by atoms with E-state index in [0.29, 0.717) is 11.5 Å². The lowest BCUT2D eigenvalue weighted by atomic mass is 10.3. The normalized spacial score (nSPS) is 9.17. The summed E-state index contributed by atoms with van der Waals surface area (Å²) < 4.78 is 22.5. The Hall–Kier alpha value is -1.51. The standard InChI is InChI=1S/C9H9FO2/c1-3-12-9-6-7(10)4-5-8(9)11-2/h3-6H,1H2,2H3. The predicted octanol–water partition coefficient (Wildman–Crippen LogP) is 2.36. The number of rotatable bonds is 3. The Balaban J connectivity index is 3.03. The Labute approximate surface area is 70.2 Å². The van der Waals surface area contributed by atoms with E-state index in [2.05, 4.69) is 6.58 Å². The molecule has 0 aliphatic carbocycles. The highest BCUT2D eigenvalue weighted by Crippen LogP contribution is 2.27. The molecule has 1 aromatic rings. The van der Waals surface area contributed by atoms with Gasteiger partial charge in [0.1, 0.15) is 5.82 Å². The zero-order chi connectivity index (χ0) is 8.97. The molecule has 0 aromatic heterocycles. The molecule has 12 heavy (non-hydrogen) atoms. The lowest BCUT2D eigenvalue weighted by Gasteiger charge is -2.05. The second-order valence-electron chi connectivity index (χ2n) is 2.08. The molecule has 1 rings (SSSR count). The van der Waals surface area contributed by atoms with Crippen molar-refractivity contribution < 1.29 is 13.9 Å². The largest absolute Gasteiger partial charge is 0.493 e. The van der Waals surface area contributed by atoms with Crippen LogP contribution in [-0.4, -0.2) is 7.11 Å². The Morgan fingerprint density at radius 2 is 2.17 bits per heavy atom. The molecule has 0 saturated heterocycles. The van der Waals surface area contributed by atoms with Gasteiger partial charge in [-0.05, 0) is 12.1 Å². The third kappa shape index (κ3) is 1.75. The van der Waals surface area contributed by atoms with Crippen molar-refractivity contribution in [3.63, 3.8) is 0 Å². The number of hydrogen-bond donors (Lipinski definition) is 0. The number of benzene rings is 1. The lowest BCUT2D eigenvalue weighted by Crippen LogP contribution is -1.89. The van der Waals surface area contributed by atoms with E-state index >= 15 is 0 Å². The summed E-state index contributed by atoms with van der Waals surface area (Å²) in [5.74, 6) is 0.441. The molecular weight excluding hydrogens is 159 g/mol. The lowest BCUT2D eigenvalue weighted by molar-refractivity contribution is 0.376. The predicted molar refractivity (Wildman–Crippen MR) is 43.8 cm³/mol. The van der Waals surface area contributed by atoms with Crippen LogP contribution in [0, 0.1) is 5.82 Å². The fourth-order valence-corrected chi connectivity index (χ4v) is 0.832. The molecule has 3 heteroatoms. The van der Waals surface area contributed by atoms with E-state index in [1.165, 1.54) is 31.6 Å². The molecule has 64 valence electrons. The third-order valence-corrected chi connectivity index (χ3v) is 1.34. The van der Waals surface area contributed by atoms with E-state index < -0.39 is 0 Å². The maximum absolute atomic E-state index is 12.6. The van der Waals surface area contributed by atoms with Crippen molar-refractivity contribution in [2.24, 2.45) is 0 Å². The SMILES string of the molecule is C=COc1cc(F)ccc1OC. The minimum absolute atomic E-state index is 0.326. The van der Waals surface area contributed by atoms with Gasteiger partial charge in [-0.1, -0.05) is 6.58 Å². The van der Waals surface area contributed by atoms with Crippen molar-refractivity contribution in [3.05, 3.63) is 36.9 Å². The first-order chi connectivity index (χ1) is 5.77. The van der Waals surface area contributed by atoms with Crippen LogP contribution in [0.4, 0.5) is 4.39 Å². The van der Waals surface area contributed by atoms with E-state index in [1.807, 2.05) is 0 Å². The maximum Gasteiger partial charge on any atom is 0.171 e. The number of methoxy groups -OCH3 is 1. The molecule has 0 spiro atoms. The first-order valence-electron chi connectivity index (χ1n) is 3.39. The molecule has 0 heterocycles. The van der Waals surface area contributed by atoms with Gasteiger partial charge < -0.3 is 9.47 Å². The minimum atomic E-state index is -0.368. The molecule has 0 fully saturated rings. The Morgan fingerprint density at radius 3 is 2.75 bits per heavy atom. The van der Waals surface area contributed by atoms with Crippen LogP contribution in [0.15, 0.2) is 31.0 Å². The molecule has 2 nitrogen and oxygen atoms in total. The van der Waals surface area contributed by atoms with Gasteiger partial charge in [0.25, 0.3) is 0 Å². The summed E-state index contributed by atoms with van der Waals surface area (Å²) in [4.78, 5) is 0. The Kier molecular flexibility index (Phi) is 2.69. The van der Waals surface area contributed by atoms with Gasteiger partial charge in [-0.2, -0.15) is 0 Å². The van der Waals surface area contributed by atoms with Gasteiger partial charge in [0, 0.05) is 6.07 Å². The van der Waals surface area contributed by atoms with E-state index in [1.54, 1.807) is 0 Å². The molecular formula is C9H9FO2. The van der Waals surface area contributed by atoms with Crippen LogP contribution in [0.5, 0.6) is 11.5 Å². The first kappa shape index (κ1) is 8.59. The second-order valence-corrected chi connectivity index (χ2v) is 2.08. The van der Waals surface area contributed by atoms with Crippen LogP contribution in [0.1, 0.15) is 0 Å². The average Bonchev–Trinajstić information content (AvgIpc) is 2.05. The van der Waals surface area contributed by atoms with Crippen molar-refractivity contribution in [2.45, 2.75) is 0 Å². The average molecular weight is 168 g/mol. The Bertz CT molecular complexity index is 284. The number of hydrogen-bond acceptors (Lipinski definition) is 2. The fourth-order valence-electron chi connectivity index (χ4n) is 0.832. The van der Waals surface area contributed by atoms with Gasteiger partial charge in [0.2, 0.25) is 0 Å². The van der Waals surface area contributed by atoms with E-state index in [4.69, 9.17) is 9.47 Å². The quantitative estimate of drug-likeness (QED) is 0.645. The summed E-state index contributed by atoms with van der Waals surface area (Å²) in [5.41, 5.74) is 0. The molecule has 0 saturated carbocycles. The molecule has 0 unspecified atom stereocenters. The van der Waals surface area contributed by atoms with Gasteiger partial charge in [0.15, 0.2) is 11.5 Å². The van der Waals surface area contributed by atoms with Crippen molar-refractivity contribution in [1.82, 2.24) is 0 Å². The Morgan fingerprint density at radius 1 is 1.42 bits per heavy atom. The summed E-state index contributed by atoms with van der Waals surface area (Å²) >= 11 is 0. The molecule has 0 amide bonds. The van der Waals surface area contributed by atoms with Crippen molar-refractivity contribution in [2.75, 3.05) is 7.11 Å². The first-order valence-corrected chi connectivity index (χ1v) is 3.39. The van der Waals surface area contributed by atoms with Gasteiger partial charge >= 0.3 is 0 Å². The van der Waals surface area contributed by atoms with E-state index in [-0.39, 0.29) is 5.82 Å². The van der Waals surface area contributed by atoms with Crippen LogP contribution in [0.2, 0.25) is 0 Å². The van der Waals surface area contributed by atoms with Crippen LogP contribution < -0.4 is 9.47 Å². The van der Waals surface area contributed by atoms with Crippen LogP contribution in [-0.2, 0) is 0 Å². The second kappa shape index (κ2) is 3.76. The van der Waals surface area contributed by atoms with Crippen molar-refractivity contribution >= 4 is 0 Å².